The fourth-order valence-corrected chi connectivity index (χ4v) is 4.46. The number of aromatic nitrogens is 1. The molecule has 0 amide bonds. The molecule has 1 aromatic heterocycles. The van der Waals surface area contributed by atoms with E-state index in [1.54, 1.807) is 11.3 Å². The third-order valence-corrected chi connectivity index (χ3v) is 5.75. The monoisotopic (exact) mass is 323 g/mol. The van der Waals surface area contributed by atoms with Crippen LogP contribution in [0.1, 0.15) is 40.0 Å². The fourth-order valence-electron chi connectivity index (χ4n) is 3.77. The number of ether oxygens (including phenoxy) is 1. The van der Waals surface area contributed by atoms with Crippen molar-refractivity contribution in [2.75, 3.05) is 31.1 Å². The molecule has 2 saturated heterocycles. The van der Waals surface area contributed by atoms with Crippen molar-refractivity contribution in [2.45, 2.75) is 52.2 Å². The van der Waals surface area contributed by atoms with Gasteiger partial charge in [0.05, 0.1) is 6.10 Å². The minimum absolute atomic E-state index is 0.247. The Labute approximate surface area is 138 Å². The molecule has 2 fully saturated rings. The van der Waals surface area contributed by atoms with Crippen LogP contribution >= 0.6 is 11.3 Å². The fraction of sp³-hybridized carbons (Fsp3) is 0.824. The zero-order valence-corrected chi connectivity index (χ0v) is 14.9. The van der Waals surface area contributed by atoms with Crippen molar-refractivity contribution < 1.29 is 4.74 Å². The average molecular weight is 324 g/mol. The molecule has 2 aliphatic rings. The number of thiazole rings is 1. The van der Waals surface area contributed by atoms with Crippen LogP contribution in [0.25, 0.3) is 0 Å². The van der Waals surface area contributed by atoms with Gasteiger partial charge in [-0.3, -0.25) is 0 Å². The molecule has 1 aromatic rings. The SMILES string of the molecule is CC(C)(C)[C@H]1OCC[C@@H]1CNC1CCN(c2nccs2)CC1. The summed E-state index contributed by atoms with van der Waals surface area (Å²) in [7, 11) is 0. The van der Waals surface area contributed by atoms with Gasteiger partial charge in [0, 0.05) is 49.8 Å². The highest BCUT2D eigenvalue weighted by Crippen LogP contribution is 2.34. The van der Waals surface area contributed by atoms with Gasteiger partial charge in [-0.25, -0.2) is 4.98 Å². The molecule has 2 atom stereocenters. The van der Waals surface area contributed by atoms with E-state index >= 15 is 0 Å². The van der Waals surface area contributed by atoms with Gasteiger partial charge < -0.3 is 15.0 Å². The van der Waals surface area contributed by atoms with E-state index in [-0.39, 0.29) is 5.41 Å². The van der Waals surface area contributed by atoms with E-state index in [0.29, 0.717) is 18.1 Å². The number of piperidine rings is 1. The van der Waals surface area contributed by atoms with Gasteiger partial charge in [0.1, 0.15) is 0 Å². The molecule has 1 N–H and O–H groups in total. The molecule has 3 heterocycles. The highest BCUT2D eigenvalue weighted by atomic mass is 32.1. The highest BCUT2D eigenvalue weighted by Gasteiger charge is 2.37. The van der Waals surface area contributed by atoms with Crippen molar-refractivity contribution in [2.24, 2.45) is 11.3 Å². The first-order chi connectivity index (χ1) is 10.5. The lowest BCUT2D eigenvalue weighted by atomic mass is 9.81. The van der Waals surface area contributed by atoms with E-state index in [2.05, 4.69) is 41.4 Å². The lowest BCUT2D eigenvalue weighted by Crippen LogP contribution is -2.45. The van der Waals surface area contributed by atoms with E-state index in [9.17, 15) is 0 Å². The molecule has 0 aromatic carbocycles. The zero-order chi connectivity index (χ0) is 15.6. The summed E-state index contributed by atoms with van der Waals surface area (Å²) in [6.07, 6.45) is 5.93. The minimum atomic E-state index is 0.247. The summed E-state index contributed by atoms with van der Waals surface area (Å²) >= 11 is 1.75. The zero-order valence-electron chi connectivity index (χ0n) is 14.0. The van der Waals surface area contributed by atoms with Crippen molar-refractivity contribution in [3.8, 4) is 0 Å². The maximum atomic E-state index is 5.98. The van der Waals surface area contributed by atoms with Crippen LogP contribution in [-0.2, 0) is 4.74 Å². The van der Waals surface area contributed by atoms with Gasteiger partial charge in [0.2, 0.25) is 0 Å². The number of anilines is 1. The molecular formula is C17H29N3OS. The van der Waals surface area contributed by atoms with Gasteiger partial charge in [-0.2, -0.15) is 0 Å². The average Bonchev–Trinajstić information content (AvgIpc) is 3.16. The Hall–Kier alpha value is -0.650. The Morgan fingerprint density at radius 2 is 2.09 bits per heavy atom. The Morgan fingerprint density at radius 3 is 2.73 bits per heavy atom. The standard InChI is InChI=1S/C17H29N3OS/c1-17(2,3)15-13(6-10-21-15)12-19-14-4-8-20(9-5-14)16-18-7-11-22-16/h7,11,13-15,19H,4-6,8-10,12H2,1-3H3/t13-,15+/m1/s1. The molecule has 0 aliphatic carbocycles. The Bertz CT molecular complexity index is 449. The van der Waals surface area contributed by atoms with Gasteiger partial charge in [-0.1, -0.05) is 20.8 Å². The van der Waals surface area contributed by atoms with Crippen LogP contribution in [0, 0.1) is 11.3 Å². The third-order valence-electron chi connectivity index (χ3n) is 4.92. The molecule has 0 saturated carbocycles. The van der Waals surface area contributed by atoms with E-state index in [1.165, 1.54) is 24.4 Å². The summed E-state index contributed by atoms with van der Waals surface area (Å²) in [6.45, 7) is 11.2. The minimum Gasteiger partial charge on any atom is -0.377 e. The summed E-state index contributed by atoms with van der Waals surface area (Å²) in [5, 5.41) is 7.05. The third kappa shape index (κ3) is 3.81. The maximum absolute atomic E-state index is 5.98. The number of nitrogens with zero attached hydrogens (tertiary/aromatic N) is 2. The Kier molecular flexibility index (Phi) is 5.05. The van der Waals surface area contributed by atoms with Crippen LogP contribution in [0.3, 0.4) is 0 Å². The second-order valence-corrected chi connectivity index (χ2v) is 8.56. The lowest BCUT2D eigenvalue weighted by molar-refractivity contribution is 0.00666. The van der Waals surface area contributed by atoms with Crippen molar-refractivity contribution in [3.05, 3.63) is 11.6 Å². The van der Waals surface area contributed by atoms with Crippen molar-refractivity contribution in [1.82, 2.24) is 10.3 Å². The highest BCUT2D eigenvalue weighted by molar-refractivity contribution is 7.13. The van der Waals surface area contributed by atoms with Gasteiger partial charge in [0.25, 0.3) is 0 Å². The molecule has 22 heavy (non-hydrogen) atoms. The van der Waals surface area contributed by atoms with Crippen molar-refractivity contribution >= 4 is 16.5 Å². The van der Waals surface area contributed by atoms with Crippen LogP contribution in [0.15, 0.2) is 11.6 Å². The predicted molar refractivity (Wildman–Crippen MR) is 92.7 cm³/mol. The molecule has 4 nitrogen and oxygen atoms in total. The normalized spacial score (nSPS) is 27.5. The first kappa shape index (κ1) is 16.2. The molecule has 0 unspecified atom stereocenters. The van der Waals surface area contributed by atoms with Crippen LogP contribution in [0.2, 0.25) is 0 Å². The Balaban J connectivity index is 1.43. The van der Waals surface area contributed by atoms with Crippen LogP contribution < -0.4 is 10.2 Å². The lowest BCUT2D eigenvalue weighted by Gasteiger charge is -2.35. The topological polar surface area (TPSA) is 37.4 Å². The number of rotatable bonds is 4. The number of nitrogens with one attached hydrogen (secondary N) is 1. The quantitative estimate of drug-likeness (QED) is 0.923. The smallest absolute Gasteiger partial charge is 0.185 e. The number of hydrogen-bond acceptors (Lipinski definition) is 5. The molecule has 2 aliphatic heterocycles. The Morgan fingerprint density at radius 1 is 1.32 bits per heavy atom. The van der Waals surface area contributed by atoms with Crippen LogP contribution in [0.5, 0.6) is 0 Å². The van der Waals surface area contributed by atoms with Gasteiger partial charge in [-0.05, 0) is 24.7 Å². The van der Waals surface area contributed by atoms with E-state index in [1.807, 2.05) is 6.20 Å². The maximum Gasteiger partial charge on any atom is 0.185 e. The summed E-state index contributed by atoms with van der Waals surface area (Å²) < 4.78 is 5.98. The molecule has 0 spiro atoms. The molecule has 0 radical (unpaired) electrons. The molecule has 5 heteroatoms. The van der Waals surface area contributed by atoms with E-state index in [0.717, 1.165) is 26.2 Å². The largest absolute Gasteiger partial charge is 0.377 e. The summed E-state index contributed by atoms with van der Waals surface area (Å²) in [5.74, 6) is 0.664. The summed E-state index contributed by atoms with van der Waals surface area (Å²) in [6, 6.07) is 0.650. The predicted octanol–water partition coefficient (Wildman–Crippen LogP) is 3.15. The van der Waals surface area contributed by atoms with Gasteiger partial charge >= 0.3 is 0 Å². The summed E-state index contributed by atoms with van der Waals surface area (Å²) in [4.78, 5) is 6.83. The summed E-state index contributed by atoms with van der Waals surface area (Å²) in [5.41, 5.74) is 0.247. The second kappa shape index (κ2) is 6.85. The van der Waals surface area contributed by atoms with Gasteiger partial charge in [0.15, 0.2) is 5.13 Å². The van der Waals surface area contributed by atoms with Crippen LogP contribution in [0.4, 0.5) is 5.13 Å². The first-order valence-electron chi connectivity index (χ1n) is 8.53. The molecule has 124 valence electrons. The van der Waals surface area contributed by atoms with Gasteiger partial charge in [-0.15, -0.1) is 11.3 Å². The van der Waals surface area contributed by atoms with E-state index in [4.69, 9.17) is 4.74 Å². The molecule has 3 rings (SSSR count). The molecule has 0 bridgehead atoms. The van der Waals surface area contributed by atoms with Crippen molar-refractivity contribution in [3.63, 3.8) is 0 Å². The van der Waals surface area contributed by atoms with E-state index < -0.39 is 0 Å². The van der Waals surface area contributed by atoms with Crippen molar-refractivity contribution in [1.29, 1.82) is 0 Å². The molecular weight excluding hydrogens is 294 g/mol. The first-order valence-corrected chi connectivity index (χ1v) is 9.41. The second-order valence-electron chi connectivity index (χ2n) is 7.69. The van der Waals surface area contributed by atoms with Crippen LogP contribution in [-0.4, -0.2) is 43.4 Å². The number of hydrogen-bond donors (Lipinski definition) is 1.